The maximum absolute atomic E-state index is 6.82. The van der Waals surface area contributed by atoms with Crippen LogP contribution in [0.2, 0.25) is 0 Å². The molecule has 10 aromatic rings. The number of furan rings is 1. The summed E-state index contributed by atoms with van der Waals surface area (Å²) in [5.41, 5.74) is 11.4. The third kappa shape index (κ3) is 5.33. The molecule has 5 nitrogen and oxygen atoms in total. The first-order valence-electron chi connectivity index (χ1n) is 19.8. The number of nitrogens with zero attached hydrogens (tertiary/aromatic N) is 1. The maximum Gasteiger partial charge on any atom is 0.159 e. The molecule has 0 saturated carbocycles. The summed E-state index contributed by atoms with van der Waals surface area (Å²) in [6, 6.07) is 55.0. The molecule has 0 spiro atoms. The SMILES string of the molecule is C1=CCCC(C2NC(c3ccccc3)NC(c3ccc4c(c3)sc3ccc(-c5cccc6oc7c(-n8c9ccccc9c9ccccc98)cccc7c56)cc34)N2)=C1. The minimum atomic E-state index is -0.0159. The number of para-hydroxylation sites is 3. The monoisotopic (exact) mass is 754 g/mol. The Balaban J connectivity index is 0.946. The normalized spacial score (nSPS) is 18.7. The first-order valence-corrected chi connectivity index (χ1v) is 20.6. The maximum atomic E-state index is 6.82. The van der Waals surface area contributed by atoms with Gasteiger partial charge in [-0.3, -0.25) is 16.0 Å². The quantitative estimate of drug-likeness (QED) is 0.164. The van der Waals surface area contributed by atoms with Crippen LogP contribution < -0.4 is 16.0 Å². The highest BCUT2D eigenvalue weighted by Crippen LogP contribution is 2.43. The third-order valence-electron chi connectivity index (χ3n) is 12.0. The van der Waals surface area contributed by atoms with Crippen LogP contribution in [0.25, 0.3) is 80.7 Å². The molecule has 12 rings (SSSR count). The summed E-state index contributed by atoms with van der Waals surface area (Å²) < 4.78 is 11.8. The van der Waals surface area contributed by atoms with E-state index in [1.165, 1.54) is 69.8 Å². The van der Waals surface area contributed by atoms with Crippen LogP contribution >= 0.6 is 11.3 Å². The lowest BCUT2D eigenvalue weighted by molar-refractivity contribution is 0.219. The number of benzene rings is 7. The van der Waals surface area contributed by atoms with E-state index in [1.807, 2.05) is 11.3 Å². The number of thiophene rings is 1. The largest absolute Gasteiger partial charge is 0.454 e. The van der Waals surface area contributed by atoms with Gasteiger partial charge < -0.3 is 8.98 Å². The van der Waals surface area contributed by atoms with Crippen molar-refractivity contribution in [2.45, 2.75) is 31.3 Å². The molecule has 3 unspecified atom stereocenters. The molecule has 1 fully saturated rings. The van der Waals surface area contributed by atoms with E-state index in [1.54, 1.807) is 0 Å². The van der Waals surface area contributed by atoms with Crippen molar-refractivity contribution < 1.29 is 4.42 Å². The van der Waals surface area contributed by atoms with Crippen molar-refractivity contribution in [3.8, 4) is 16.8 Å². The number of allylic oxidation sites excluding steroid dienone is 3. The summed E-state index contributed by atoms with van der Waals surface area (Å²) in [5, 5.41) is 18.9. The van der Waals surface area contributed by atoms with Crippen LogP contribution in [-0.2, 0) is 0 Å². The molecule has 2 aliphatic rings. The van der Waals surface area contributed by atoms with E-state index in [0.717, 1.165) is 40.5 Å². The third-order valence-corrected chi connectivity index (χ3v) is 13.1. The topological polar surface area (TPSA) is 54.2 Å². The lowest BCUT2D eigenvalue weighted by atomic mass is 9.97. The van der Waals surface area contributed by atoms with Crippen molar-refractivity contribution in [1.82, 2.24) is 20.5 Å². The van der Waals surface area contributed by atoms with Gasteiger partial charge in [0.05, 0.1) is 35.2 Å². The van der Waals surface area contributed by atoms with Crippen LogP contribution in [0.1, 0.15) is 36.3 Å². The summed E-state index contributed by atoms with van der Waals surface area (Å²) in [6.45, 7) is 0. The molecule has 3 atom stereocenters. The molecule has 1 saturated heterocycles. The summed E-state index contributed by atoms with van der Waals surface area (Å²) in [5.74, 6) is 0. The lowest BCUT2D eigenvalue weighted by Crippen LogP contribution is -2.59. The molecular weight excluding hydrogens is 717 g/mol. The highest BCUT2D eigenvalue weighted by Gasteiger charge is 2.31. The molecule has 3 aromatic heterocycles. The summed E-state index contributed by atoms with van der Waals surface area (Å²) >= 11 is 1.87. The van der Waals surface area contributed by atoms with Crippen LogP contribution in [0.3, 0.4) is 0 Å². The zero-order valence-electron chi connectivity index (χ0n) is 31.1. The molecule has 57 heavy (non-hydrogen) atoms. The second-order valence-corrected chi connectivity index (χ2v) is 16.4. The van der Waals surface area contributed by atoms with Crippen LogP contribution in [0.4, 0.5) is 0 Å². The molecule has 1 aliphatic carbocycles. The van der Waals surface area contributed by atoms with Gasteiger partial charge in [-0.1, -0.05) is 127 Å². The smallest absolute Gasteiger partial charge is 0.159 e. The van der Waals surface area contributed by atoms with Crippen molar-refractivity contribution in [3.63, 3.8) is 0 Å². The molecule has 0 amide bonds. The Morgan fingerprint density at radius 3 is 2.11 bits per heavy atom. The minimum absolute atomic E-state index is 0.0159. The zero-order valence-corrected chi connectivity index (χ0v) is 31.9. The molecule has 7 aromatic carbocycles. The van der Waals surface area contributed by atoms with Crippen LogP contribution in [-0.4, -0.2) is 10.7 Å². The lowest BCUT2D eigenvalue weighted by Gasteiger charge is -2.40. The van der Waals surface area contributed by atoms with Crippen LogP contribution in [0.5, 0.6) is 0 Å². The van der Waals surface area contributed by atoms with Crippen molar-refractivity contribution >= 4 is 75.3 Å². The van der Waals surface area contributed by atoms with Gasteiger partial charge in [0.15, 0.2) is 5.58 Å². The fraction of sp³-hybridized carbons (Fsp3) is 0.0980. The Labute approximate surface area is 333 Å². The first-order chi connectivity index (χ1) is 28.2. The standard InChI is InChI=1S/C51H38N4OS/c1-3-13-31(14-4-1)49-52-50(32-15-5-2-6-16-32)54-51(53-49)34-25-27-38-40-29-33(26-28-45(40)57-46(38)30-34)35-19-12-24-44-47(35)39-20-11-23-43(48(39)56-44)55-41-21-9-7-17-36(41)37-18-8-10-22-42(37)55/h1-5,7-15,17-30,49-54H,6,16H2. The molecule has 274 valence electrons. The average molecular weight is 755 g/mol. The van der Waals surface area contributed by atoms with E-state index in [9.17, 15) is 0 Å². The molecule has 0 radical (unpaired) electrons. The molecule has 0 bridgehead atoms. The van der Waals surface area contributed by atoms with Crippen molar-refractivity contribution in [1.29, 1.82) is 0 Å². The highest BCUT2D eigenvalue weighted by atomic mass is 32.1. The predicted octanol–water partition coefficient (Wildman–Crippen LogP) is 12.8. The molecule has 6 heteroatoms. The van der Waals surface area contributed by atoms with Gasteiger partial charge in [-0.25, -0.2) is 0 Å². The van der Waals surface area contributed by atoms with Gasteiger partial charge in [0.25, 0.3) is 0 Å². The van der Waals surface area contributed by atoms with Crippen molar-refractivity contribution in [2.24, 2.45) is 0 Å². The first kappa shape index (κ1) is 32.9. The average Bonchev–Trinajstić information content (AvgIpc) is 3.96. The number of hydrogen-bond donors (Lipinski definition) is 3. The Kier molecular flexibility index (Phi) is 7.60. The van der Waals surface area contributed by atoms with Crippen LogP contribution in [0.15, 0.2) is 180 Å². The van der Waals surface area contributed by atoms with E-state index >= 15 is 0 Å². The van der Waals surface area contributed by atoms with Crippen molar-refractivity contribution in [3.05, 3.63) is 187 Å². The Bertz CT molecular complexity index is 3200. The fourth-order valence-corrected chi connectivity index (χ4v) is 10.5. The van der Waals surface area contributed by atoms with E-state index in [4.69, 9.17) is 4.42 Å². The van der Waals surface area contributed by atoms with E-state index in [0.29, 0.717) is 0 Å². The Morgan fingerprint density at radius 1 is 0.561 bits per heavy atom. The zero-order chi connectivity index (χ0) is 37.5. The number of aromatic nitrogens is 1. The molecule has 1 aliphatic heterocycles. The van der Waals surface area contributed by atoms with Gasteiger partial charge in [-0.2, -0.15) is 0 Å². The number of fused-ring (bicyclic) bond motifs is 9. The van der Waals surface area contributed by atoms with Gasteiger partial charge in [0, 0.05) is 41.7 Å². The van der Waals surface area contributed by atoms with E-state index in [2.05, 4.69) is 190 Å². The Hall–Kier alpha value is -6.28. The second kappa shape index (κ2) is 13.2. The number of nitrogens with one attached hydrogen (secondary N) is 3. The summed E-state index contributed by atoms with van der Waals surface area (Å²) in [4.78, 5) is 0. The number of rotatable bonds is 5. The predicted molar refractivity (Wildman–Crippen MR) is 238 cm³/mol. The number of hydrogen-bond acceptors (Lipinski definition) is 5. The molecule has 3 N–H and O–H groups in total. The van der Waals surface area contributed by atoms with Gasteiger partial charge in [-0.05, 0) is 83.1 Å². The highest BCUT2D eigenvalue weighted by molar-refractivity contribution is 7.25. The molecule has 4 heterocycles. The van der Waals surface area contributed by atoms with Gasteiger partial charge in [0.1, 0.15) is 5.58 Å². The summed E-state index contributed by atoms with van der Waals surface area (Å²) in [7, 11) is 0. The second-order valence-electron chi connectivity index (χ2n) is 15.3. The van der Waals surface area contributed by atoms with Crippen LogP contribution in [0, 0.1) is 0 Å². The van der Waals surface area contributed by atoms with Gasteiger partial charge in [-0.15, -0.1) is 11.3 Å². The summed E-state index contributed by atoms with van der Waals surface area (Å²) in [6.07, 6.45) is 8.91. The van der Waals surface area contributed by atoms with Gasteiger partial charge >= 0.3 is 0 Å². The van der Waals surface area contributed by atoms with E-state index < -0.39 is 0 Å². The van der Waals surface area contributed by atoms with Gasteiger partial charge in [0.2, 0.25) is 0 Å². The van der Waals surface area contributed by atoms with Crippen molar-refractivity contribution in [2.75, 3.05) is 0 Å². The van der Waals surface area contributed by atoms with E-state index in [-0.39, 0.29) is 18.5 Å². The Morgan fingerprint density at radius 2 is 1.30 bits per heavy atom. The molecular formula is C51H38N4OS. The fourth-order valence-electron chi connectivity index (χ4n) is 9.32. The minimum Gasteiger partial charge on any atom is -0.454 e.